The van der Waals surface area contributed by atoms with E-state index in [4.69, 9.17) is 21.3 Å². The molecule has 2 rings (SSSR count). The van der Waals surface area contributed by atoms with E-state index >= 15 is 0 Å². The van der Waals surface area contributed by atoms with Crippen molar-refractivity contribution in [2.45, 2.75) is 13.5 Å². The van der Waals surface area contributed by atoms with Gasteiger partial charge in [0.2, 0.25) is 5.88 Å². The number of amides is 1. The van der Waals surface area contributed by atoms with E-state index in [1.807, 2.05) is 6.92 Å². The van der Waals surface area contributed by atoms with Gasteiger partial charge in [0.15, 0.2) is 0 Å². The van der Waals surface area contributed by atoms with Crippen LogP contribution in [0.3, 0.4) is 0 Å². The largest absolute Gasteiger partial charge is 0.493 e. The fraction of sp³-hybridized carbons (Fsp3) is 0.231. The van der Waals surface area contributed by atoms with Crippen LogP contribution in [0, 0.1) is 0 Å². The van der Waals surface area contributed by atoms with Crippen LogP contribution in [-0.4, -0.2) is 21.7 Å². The Balaban J connectivity index is 2.27. The number of carbonyl (C=O) groups excluding carboxylic acids is 1. The summed E-state index contributed by atoms with van der Waals surface area (Å²) in [5.74, 6) is 0.547. The van der Waals surface area contributed by atoms with Crippen molar-refractivity contribution in [3.63, 3.8) is 0 Å². The van der Waals surface area contributed by atoms with Crippen molar-refractivity contribution in [3.8, 4) is 11.6 Å². The smallest absolute Gasteiger partial charge is 0.266 e. The number of hydrogen-bond acceptors (Lipinski definition) is 5. The van der Waals surface area contributed by atoms with E-state index in [0.29, 0.717) is 29.4 Å². The minimum Gasteiger partial charge on any atom is -0.493 e. The molecule has 1 heterocycles. The van der Waals surface area contributed by atoms with Crippen LogP contribution in [0.5, 0.6) is 11.6 Å². The van der Waals surface area contributed by atoms with E-state index in [2.05, 4.69) is 22.7 Å². The highest BCUT2D eigenvalue weighted by Crippen LogP contribution is 2.24. The molecule has 0 spiro atoms. The Morgan fingerprint density at radius 1 is 1.43 bits per heavy atom. The molecule has 6 nitrogen and oxygen atoms in total. The number of hydrogen-bond donors (Lipinski definition) is 2. The summed E-state index contributed by atoms with van der Waals surface area (Å²) in [4.78, 5) is 13.9. The first kappa shape index (κ1) is 15.5. The first-order chi connectivity index (χ1) is 10.2. The molecule has 0 unspecified atom stereocenters. The van der Waals surface area contributed by atoms with Crippen molar-refractivity contribution in [3.05, 3.63) is 41.6 Å². The molecule has 0 aliphatic carbocycles. The van der Waals surface area contributed by atoms with Crippen molar-refractivity contribution >= 4 is 30.5 Å². The standard InChI is InChI=1S/C13H14ClN3O3S/c1-2-19-11-5-3-4-9(13(18)15-14)10(11)8-20-12-6-7-17(21)16-12/h3-7,21H,2,8H2,1H3,(H,15,18). The Labute approximate surface area is 132 Å². The molecular weight excluding hydrogens is 314 g/mol. The average molecular weight is 328 g/mol. The zero-order valence-electron chi connectivity index (χ0n) is 11.2. The number of nitrogens with one attached hydrogen (secondary N) is 1. The van der Waals surface area contributed by atoms with Gasteiger partial charge in [0.1, 0.15) is 12.4 Å². The predicted molar refractivity (Wildman–Crippen MR) is 81.9 cm³/mol. The molecule has 1 amide bonds. The minimum absolute atomic E-state index is 0.126. The molecular formula is C13H14ClN3O3S. The number of benzene rings is 1. The highest BCUT2D eigenvalue weighted by molar-refractivity contribution is 7.78. The predicted octanol–water partition coefficient (Wildman–Crippen LogP) is 2.44. The van der Waals surface area contributed by atoms with Gasteiger partial charge in [0.05, 0.1) is 12.2 Å². The molecule has 0 aliphatic rings. The van der Waals surface area contributed by atoms with Crippen LogP contribution in [0.2, 0.25) is 0 Å². The maximum Gasteiger partial charge on any atom is 0.266 e. The fourth-order valence-electron chi connectivity index (χ4n) is 1.79. The number of thiol groups is 1. The van der Waals surface area contributed by atoms with E-state index in [1.54, 1.807) is 30.5 Å². The summed E-state index contributed by atoms with van der Waals surface area (Å²) in [6, 6.07) is 6.80. The van der Waals surface area contributed by atoms with Crippen LogP contribution in [0.25, 0.3) is 0 Å². The Morgan fingerprint density at radius 2 is 2.24 bits per heavy atom. The highest BCUT2D eigenvalue weighted by Gasteiger charge is 2.16. The van der Waals surface area contributed by atoms with Crippen molar-refractivity contribution in [2.24, 2.45) is 0 Å². The van der Waals surface area contributed by atoms with Crippen LogP contribution >= 0.6 is 24.6 Å². The molecule has 0 radical (unpaired) electrons. The van der Waals surface area contributed by atoms with Gasteiger partial charge in [-0.2, -0.15) is 0 Å². The minimum atomic E-state index is -0.420. The number of aromatic nitrogens is 2. The Hall–Kier alpha value is -1.86. The summed E-state index contributed by atoms with van der Waals surface area (Å²) in [7, 11) is 0. The number of nitrogens with zero attached hydrogens (tertiary/aromatic N) is 2. The van der Waals surface area contributed by atoms with Crippen LogP contribution in [-0.2, 0) is 6.61 Å². The highest BCUT2D eigenvalue weighted by atomic mass is 35.5. The van der Waals surface area contributed by atoms with Gasteiger partial charge in [-0.1, -0.05) is 6.07 Å². The third-order valence-corrected chi connectivity index (χ3v) is 3.07. The van der Waals surface area contributed by atoms with E-state index in [0.717, 1.165) is 0 Å². The van der Waals surface area contributed by atoms with Gasteiger partial charge in [0, 0.05) is 29.6 Å². The van der Waals surface area contributed by atoms with Gasteiger partial charge in [-0.25, -0.2) is 4.09 Å². The molecule has 0 atom stereocenters. The first-order valence-electron chi connectivity index (χ1n) is 6.19. The summed E-state index contributed by atoms with van der Waals surface area (Å²) in [6.07, 6.45) is 1.64. The lowest BCUT2D eigenvalue weighted by Gasteiger charge is -2.13. The molecule has 1 aromatic heterocycles. The Bertz CT molecular complexity index is 633. The molecule has 0 saturated carbocycles. The zero-order chi connectivity index (χ0) is 15.2. The van der Waals surface area contributed by atoms with E-state index in [-0.39, 0.29) is 6.61 Å². The van der Waals surface area contributed by atoms with Gasteiger partial charge in [-0.3, -0.25) is 9.63 Å². The van der Waals surface area contributed by atoms with Crippen molar-refractivity contribution < 1.29 is 14.3 Å². The van der Waals surface area contributed by atoms with Crippen molar-refractivity contribution in [2.75, 3.05) is 6.61 Å². The summed E-state index contributed by atoms with van der Waals surface area (Å²) in [5.41, 5.74) is 0.993. The number of rotatable bonds is 6. The molecule has 21 heavy (non-hydrogen) atoms. The lowest BCUT2D eigenvalue weighted by atomic mass is 10.1. The zero-order valence-corrected chi connectivity index (χ0v) is 12.9. The number of ether oxygens (including phenoxy) is 2. The van der Waals surface area contributed by atoms with Gasteiger partial charge in [-0.05, 0) is 31.9 Å². The normalized spacial score (nSPS) is 10.2. The second-order valence-corrected chi connectivity index (χ2v) is 4.60. The molecule has 0 aliphatic heterocycles. The molecule has 1 N–H and O–H groups in total. The second-order valence-electron chi connectivity index (χ2n) is 4.00. The van der Waals surface area contributed by atoms with Gasteiger partial charge >= 0.3 is 0 Å². The van der Waals surface area contributed by atoms with Crippen molar-refractivity contribution in [1.29, 1.82) is 0 Å². The van der Waals surface area contributed by atoms with Crippen molar-refractivity contribution in [1.82, 2.24) is 14.0 Å². The second kappa shape index (κ2) is 7.24. The van der Waals surface area contributed by atoms with Gasteiger partial charge in [0.25, 0.3) is 5.91 Å². The van der Waals surface area contributed by atoms with E-state index in [1.165, 1.54) is 4.09 Å². The van der Waals surface area contributed by atoms with Crippen LogP contribution < -0.4 is 14.3 Å². The Kier molecular flexibility index (Phi) is 5.35. The molecule has 8 heteroatoms. The quantitative estimate of drug-likeness (QED) is 0.632. The topological polar surface area (TPSA) is 65.4 Å². The number of halogens is 1. The van der Waals surface area contributed by atoms with Crippen LogP contribution in [0.4, 0.5) is 0 Å². The summed E-state index contributed by atoms with van der Waals surface area (Å²) >= 11 is 9.43. The maximum atomic E-state index is 11.8. The SMILES string of the molecule is CCOc1cccc(C(=O)NCl)c1COc1ccn(S)n1. The monoisotopic (exact) mass is 327 g/mol. The molecule has 112 valence electrons. The number of carbonyl (C=O) groups is 1. The van der Waals surface area contributed by atoms with Gasteiger partial charge in [-0.15, -0.1) is 5.10 Å². The third-order valence-electron chi connectivity index (χ3n) is 2.68. The first-order valence-corrected chi connectivity index (χ1v) is 6.97. The molecule has 0 fully saturated rings. The molecule has 0 saturated heterocycles. The molecule has 0 bridgehead atoms. The fourth-order valence-corrected chi connectivity index (χ4v) is 2.05. The average Bonchev–Trinajstić information content (AvgIpc) is 2.91. The van der Waals surface area contributed by atoms with Gasteiger partial charge < -0.3 is 9.47 Å². The van der Waals surface area contributed by atoms with E-state index < -0.39 is 5.91 Å². The summed E-state index contributed by atoms with van der Waals surface area (Å²) in [5, 5.41) is 3.99. The third kappa shape index (κ3) is 3.83. The lowest BCUT2D eigenvalue weighted by molar-refractivity contribution is 0.0978. The molecule has 2 aromatic rings. The van der Waals surface area contributed by atoms with Crippen LogP contribution in [0.15, 0.2) is 30.5 Å². The summed E-state index contributed by atoms with van der Waals surface area (Å²) in [6.45, 7) is 2.46. The Morgan fingerprint density at radius 3 is 2.86 bits per heavy atom. The maximum absolute atomic E-state index is 11.8. The molecule has 1 aromatic carbocycles. The van der Waals surface area contributed by atoms with Crippen LogP contribution in [0.1, 0.15) is 22.8 Å². The van der Waals surface area contributed by atoms with E-state index in [9.17, 15) is 4.79 Å². The lowest BCUT2D eigenvalue weighted by Crippen LogP contribution is -2.16. The summed E-state index contributed by atoms with van der Waals surface area (Å²) < 4.78 is 12.4.